The van der Waals surface area contributed by atoms with Gasteiger partial charge in [0.1, 0.15) is 11.9 Å². The molecule has 1 aliphatic heterocycles. The van der Waals surface area contributed by atoms with E-state index in [1.54, 1.807) is 0 Å². The van der Waals surface area contributed by atoms with Gasteiger partial charge < -0.3 is 20.7 Å². The smallest absolute Gasteiger partial charge is 0.351 e. The predicted molar refractivity (Wildman–Crippen MR) is 72.0 cm³/mol. The molecule has 2 heterocycles. The monoisotopic (exact) mass is 296 g/mol. The molecule has 0 saturated carbocycles. The molecular weight excluding hydrogens is 280 g/mol. The SMILES string of the molecule is [N-]=[N+]=NC[C@H]1[C@@H](O)[C@H](n2ccc(N)nc2=O)O[C@@H]1CCO. The highest BCUT2D eigenvalue weighted by Crippen LogP contribution is 2.35. The van der Waals surface area contributed by atoms with Gasteiger partial charge in [-0.3, -0.25) is 4.57 Å². The van der Waals surface area contributed by atoms with Crippen molar-refractivity contribution in [1.82, 2.24) is 9.55 Å². The summed E-state index contributed by atoms with van der Waals surface area (Å²) in [5.41, 5.74) is 13.2. The van der Waals surface area contributed by atoms with Gasteiger partial charge in [0.15, 0.2) is 6.23 Å². The maximum atomic E-state index is 11.8. The van der Waals surface area contributed by atoms with Gasteiger partial charge in [-0.15, -0.1) is 0 Å². The molecular formula is C11H16N6O4. The van der Waals surface area contributed by atoms with Crippen LogP contribution in [-0.4, -0.2) is 45.1 Å². The third-order valence-electron chi connectivity index (χ3n) is 3.42. The van der Waals surface area contributed by atoms with Crippen LogP contribution in [0.15, 0.2) is 22.2 Å². The van der Waals surface area contributed by atoms with Crippen molar-refractivity contribution in [3.05, 3.63) is 33.2 Å². The molecule has 4 atom stereocenters. The maximum Gasteiger partial charge on any atom is 0.351 e. The van der Waals surface area contributed by atoms with Gasteiger partial charge in [-0.25, -0.2) is 4.79 Å². The normalized spacial score (nSPS) is 28.3. The third kappa shape index (κ3) is 3.14. The van der Waals surface area contributed by atoms with E-state index in [0.717, 1.165) is 4.57 Å². The molecule has 114 valence electrons. The molecule has 0 bridgehead atoms. The number of azide groups is 1. The standard InChI is InChI=1S/C11H16N6O4/c12-8-1-3-17(11(20)15-8)10-9(19)6(5-14-16-13)7(21-10)2-4-18/h1,3,6-7,9-10,18-19H,2,4-5H2,(H2,12,15,20)/t6-,7-,9-,10-/m1/s1. The summed E-state index contributed by atoms with van der Waals surface area (Å²) in [6.07, 6.45) is -0.901. The van der Waals surface area contributed by atoms with Crippen LogP contribution in [0.25, 0.3) is 10.4 Å². The zero-order chi connectivity index (χ0) is 15.4. The third-order valence-corrected chi connectivity index (χ3v) is 3.42. The Morgan fingerprint density at radius 1 is 1.62 bits per heavy atom. The molecule has 0 radical (unpaired) electrons. The molecule has 0 aliphatic carbocycles. The van der Waals surface area contributed by atoms with Gasteiger partial charge in [0.05, 0.1) is 6.10 Å². The zero-order valence-electron chi connectivity index (χ0n) is 11.1. The largest absolute Gasteiger partial charge is 0.396 e. The first kappa shape index (κ1) is 15.3. The van der Waals surface area contributed by atoms with E-state index in [0.29, 0.717) is 0 Å². The zero-order valence-corrected chi connectivity index (χ0v) is 11.1. The fourth-order valence-electron chi connectivity index (χ4n) is 2.41. The highest BCUT2D eigenvalue weighted by Gasteiger charge is 2.44. The Labute approximate surface area is 119 Å². The summed E-state index contributed by atoms with van der Waals surface area (Å²) in [7, 11) is 0. The molecule has 1 fully saturated rings. The lowest BCUT2D eigenvalue weighted by atomic mass is 9.96. The van der Waals surface area contributed by atoms with Gasteiger partial charge in [0.25, 0.3) is 0 Å². The first-order valence-corrected chi connectivity index (χ1v) is 6.38. The second-order valence-electron chi connectivity index (χ2n) is 4.69. The Balaban J connectivity index is 2.28. The number of rotatable bonds is 5. The second-order valence-corrected chi connectivity index (χ2v) is 4.69. The Kier molecular flexibility index (Phi) is 4.76. The van der Waals surface area contributed by atoms with Crippen molar-refractivity contribution in [3.8, 4) is 0 Å². The molecule has 4 N–H and O–H groups in total. The molecule has 1 saturated heterocycles. The van der Waals surface area contributed by atoms with E-state index in [2.05, 4.69) is 15.0 Å². The van der Waals surface area contributed by atoms with Crippen LogP contribution in [0.1, 0.15) is 12.6 Å². The summed E-state index contributed by atoms with van der Waals surface area (Å²) in [4.78, 5) is 18.0. The Morgan fingerprint density at radius 3 is 3.00 bits per heavy atom. The van der Waals surface area contributed by atoms with Gasteiger partial charge in [-0.05, 0) is 18.0 Å². The molecule has 10 heteroatoms. The van der Waals surface area contributed by atoms with Gasteiger partial charge in [0, 0.05) is 30.2 Å². The lowest BCUT2D eigenvalue weighted by Gasteiger charge is -2.18. The molecule has 0 spiro atoms. The summed E-state index contributed by atoms with van der Waals surface area (Å²) in [5, 5.41) is 22.8. The fourth-order valence-corrected chi connectivity index (χ4v) is 2.41. The molecule has 21 heavy (non-hydrogen) atoms. The van der Waals surface area contributed by atoms with Crippen molar-refractivity contribution < 1.29 is 14.9 Å². The first-order chi connectivity index (χ1) is 10.1. The van der Waals surface area contributed by atoms with Crippen LogP contribution in [-0.2, 0) is 4.74 Å². The Hall–Kier alpha value is -2.13. The number of hydrogen-bond donors (Lipinski definition) is 3. The number of ether oxygens (including phenoxy) is 1. The number of aliphatic hydroxyl groups excluding tert-OH is 2. The summed E-state index contributed by atoms with van der Waals surface area (Å²) in [5.74, 6) is -0.441. The van der Waals surface area contributed by atoms with Crippen molar-refractivity contribution >= 4 is 5.82 Å². The minimum Gasteiger partial charge on any atom is -0.396 e. The van der Waals surface area contributed by atoms with E-state index in [1.165, 1.54) is 12.3 Å². The van der Waals surface area contributed by atoms with Crippen molar-refractivity contribution in [1.29, 1.82) is 0 Å². The van der Waals surface area contributed by atoms with Crippen LogP contribution in [0.3, 0.4) is 0 Å². The fraction of sp³-hybridized carbons (Fsp3) is 0.636. The average Bonchev–Trinajstić information content (AvgIpc) is 2.74. The van der Waals surface area contributed by atoms with Crippen molar-refractivity contribution in [2.45, 2.75) is 24.9 Å². The topological polar surface area (TPSA) is 159 Å². The van der Waals surface area contributed by atoms with Gasteiger partial charge in [0.2, 0.25) is 0 Å². The summed E-state index contributed by atoms with van der Waals surface area (Å²) in [6, 6.07) is 1.42. The van der Waals surface area contributed by atoms with E-state index in [1.807, 2.05) is 0 Å². The predicted octanol–water partition coefficient (Wildman–Crippen LogP) is -0.607. The lowest BCUT2D eigenvalue weighted by molar-refractivity contribution is -0.0447. The van der Waals surface area contributed by atoms with Crippen LogP contribution in [0, 0.1) is 5.92 Å². The molecule has 2 rings (SSSR count). The first-order valence-electron chi connectivity index (χ1n) is 6.38. The van der Waals surface area contributed by atoms with Gasteiger partial charge >= 0.3 is 5.69 Å². The van der Waals surface area contributed by atoms with E-state index in [-0.39, 0.29) is 25.4 Å². The second kappa shape index (κ2) is 6.55. The van der Waals surface area contributed by atoms with Crippen LogP contribution >= 0.6 is 0 Å². The maximum absolute atomic E-state index is 11.8. The summed E-state index contributed by atoms with van der Waals surface area (Å²) in [6.45, 7) is -0.137. The lowest BCUT2D eigenvalue weighted by Crippen LogP contribution is -2.34. The number of aliphatic hydroxyl groups is 2. The summed E-state index contributed by atoms with van der Waals surface area (Å²) < 4.78 is 6.75. The number of anilines is 1. The number of nitrogens with zero attached hydrogens (tertiary/aromatic N) is 5. The van der Waals surface area contributed by atoms with E-state index >= 15 is 0 Å². The van der Waals surface area contributed by atoms with E-state index in [9.17, 15) is 9.90 Å². The van der Waals surface area contributed by atoms with Gasteiger partial charge in [-0.1, -0.05) is 5.11 Å². The highest BCUT2D eigenvalue weighted by molar-refractivity contribution is 5.23. The Bertz CT molecular complexity index is 599. The summed E-state index contributed by atoms with van der Waals surface area (Å²) >= 11 is 0. The molecule has 0 aromatic carbocycles. The molecule has 0 unspecified atom stereocenters. The van der Waals surface area contributed by atoms with Gasteiger partial charge in [-0.2, -0.15) is 4.98 Å². The number of aromatic nitrogens is 2. The molecule has 10 nitrogen and oxygen atoms in total. The Morgan fingerprint density at radius 2 is 2.38 bits per heavy atom. The van der Waals surface area contributed by atoms with Crippen LogP contribution in [0.5, 0.6) is 0 Å². The minimum absolute atomic E-state index is 0.00991. The molecule has 1 aromatic heterocycles. The van der Waals surface area contributed by atoms with Crippen molar-refractivity contribution in [2.75, 3.05) is 18.9 Å². The molecule has 1 aliphatic rings. The van der Waals surface area contributed by atoms with Crippen molar-refractivity contribution in [2.24, 2.45) is 11.0 Å². The van der Waals surface area contributed by atoms with Crippen LogP contribution in [0.4, 0.5) is 5.82 Å². The van der Waals surface area contributed by atoms with E-state index in [4.69, 9.17) is 21.1 Å². The number of hydrogen-bond acceptors (Lipinski definition) is 7. The minimum atomic E-state index is -1.06. The van der Waals surface area contributed by atoms with Crippen LogP contribution < -0.4 is 11.4 Å². The van der Waals surface area contributed by atoms with E-state index < -0.39 is 30.0 Å². The quantitative estimate of drug-likeness (QED) is 0.373. The average molecular weight is 296 g/mol. The van der Waals surface area contributed by atoms with Crippen LogP contribution in [0.2, 0.25) is 0 Å². The number of nitrogens with two attached hydrogens (primary N) is 1. The van der Waals surface area contributed by atoms with Crippen molar-refractivity contribution in [3.63, 3.8) is 0 Å². The number of nitrogen functional groups attached to an aromatic ring is 1. The molecule has 1 aromatic rings. The molecule has 0 amide bonds. The highest BCUT2D eigenvalue weighted by atomic mass is 16.5.